The predicted octanol–water partition coefficient (Wildman–Crippen LogP) is 3.01. The monoisotopic (exact) mass is 394 g/mol. The number of rotatable bonds is 6. The van der Waals surface area contributed by atoms with Gasteiger partial charge in [0, 0.05) is 30.7 Å². The van der Waals surface area contributed by atoms with Gasteiger partial charge in [-0.2, -0.15) is 4.98 Å². The van der Waals surface area contributed by atoms with E-state index in [1.54, 1.807) is 0 Å². The van der Waals surface area contributed by atoms with Gasteiger partial charge in [-0.25, -0.2) is 0 Å². The molecule has 1 saturated heterocycles. The van der Waals surface area contributed by atoms with E-state index in [0.29, 0.717) is 11.7 Å². The highest BCUT2D eigenvalue weighted by molar-refractivity contribution is 6.02. The smallest absolute Gasteiger partial charge is 0.233 e. The van der Waals surface area contributed by atoms with E-state index in [1.807, 2.05) is 42.5 Å². The zero-order chi connectivity index (χ0) is 20.3. The Balaban J connectivity index is 1.41. The van der Waals surface area contributed by atoms with Crippen LogP contribution in [-0.2, 0) is 21.4 Å². The number of carbonyl (C=O) groups excluding carboxylic acids is 1. The summed E-state index contributed by atoms with van der Waals surface area (Å²) in [6, 6.07) is 13.8. The van der Waals surface area contributed by atoms with Gasteiger partial charge in [-0.15, -0.1) is 0 Å². The molecule has 0 atom stereocenters. The maximum Gasteiger partial charge on any atom is 0.233 e. The van der Waals surface area contributed by atoms with Crippen LogP contribution >= 0.6 is 0 Å². The van der Waals surface area contributed by atoms with Crippen molar-refractivity contribution in [3.63, 3.8) is 0 Å². The molecule has 1 N–H and O–H groups in total. The molecule has 0 aliphatic carbocycles. The van der Waals surface area contributed by atoms with E-state index in [2.05, 4.69) is 34.2 Å². The molecule has 1 amide bonds. The van der Waals surface area contributed by atoms with Gasteiger partial charge in [-0.3, -0.25) is 9.69 Å². The Kier molecular flexibility index (Phi) is 5.60. The lowest BCUT2D eigenvalue weighted by Gasteiger charge is -2.32. The molecule has 0 radical (unpaired) electrons. The number of hydrogen-bond acceptors (Lipinski definition) is 6. The highest BCUT2D eigenvalue weighted by Crippen LogP contribution is 2.25. The number of carbonyl (C=O) groups is 1. The third kappa shape index (κ3) is 4.63. The van der Waals surface area contributed by atoms with Crippen LogP contribution in [0.25, 0.3) is 10.8 Å². The van der Waals surface area contributed by atoms with E-state index < -0.39 is 0 Å². The second-order valence-corrected chi connectivity index (χ2v) is 8.04. The fourth-order valence-electron chi connectivity index (χ4n) is 3.66. The van der Waals surface area contributed by atoms with Gasteiger partial charge in [0.25, 0.3) is 0 Å². The number of nitrogens with zero attached hydrogens (tertiary/aromatic N) is 3. The molecule has 2 heterocycles. The minimum absolute atomic E-state index is 0.0698. The lowest BCUT2D eigenvalue weighted by Crippen LogP contribution is -2.43. The Morgan fingerprint density at radius 3 is 2.72 bits per heavy atom. The third-order valence-corrected chi connectivity index (χ3v) is 5.15. The van der Waals surface area contributed by atoms with Crippen LogP contribution in [0.1, 0.15) is 25.6 Å². The predicted molar refractivity (Wildman–Crippen MR) is 111 cm³/mol. The van der Waals surface area contributed by atoms with Crippen molar-refractivity contribution >= 4 is 22.4 Å². The fraction of sp³-hybridized carbons (Fsp3) is 0.409. The first-order valence-corrected chi connectivity index (χ1v) is 9.92. The first kappa shape index (κ1) is 19.5. The summed E-state index contributed by atoms with van der Waals surface area (Å²) in [5, 5.41) is 9.08. The molecular formula is C22H26N4O3. The summed E-state index contributed by atoms with van der Waals surface area (Å²) in [6.45, 7) is 8.26. The summed E-state index contributed by atoms with van der Waals surface area (Å²) in [4.78, 5) is 19.4. The molecular weight excluding hydrogens is 368 g/mol. The number of ether oxygens (including phenoxy) is 1. The summed E-state index contributed by atoms with van der Waals surface area (Å²) in [5.41, 5.74) is 0.485. The fourth-order valence-corrected chi connectivity index (χ4v) is 3.66. The Hall–Kier alpha value is -2.77. The molecule has 7 heteroatoms. The molecule has 0 saturated carbocycles. The number of anilines is 1. The molecule has 1 aliphatic heterocycles. The Bertz CT molecular complexity index is 987. The van der Waals surface area contributed by atoms with Crippen molar-refractivity contribution in [1.29, 1.82) is 0 Å². The summed E-state index contributed by atoms with van der Waals surface area (Å²) in [6.07, 6.45) is 0.0698. The molecule has 152 valence electrons. The van der Waals surface area contributed by atoms with Gasteiger partial charge in [0.2, 0.25) is 11.8 Å². The molecule has 1 fully saturated rings. The number of aromatic nitrogens is 2. The normalized spacial score (nSPS) is 15.5. The SMILES string of the molecule is CC(C)(CN1CCOCC1)c1nc(CC(=O)Nc2cccc3ccccc23)no1. The number of nitrogens with one attached hydrogen (secondary N) is 1. The van der Waals surface area contributed by atoms with Gasteiger partial charge in [0.05, 0.1) is 25.0 Å². The first-order chi connectivity index (χ1) is 14.0. The van der Waals surface area contributed by atoms with Crippen molar-refractivity contribution < 1.29 is 14.1 Å². The third-order valence-electron chi connectivity index (χ3n) is 5.15. The molecule has 2 aromatic carbocycles. The number of benzene rings is 2. The van der Waals surface area contributed by atoms with Crippen LogP contribution in [0.3, 0.4) is 0 Å². The summed E-state index contributed by atoms with van der Waals surface area (Å²) >= 11 is 0. The molecule has 7 nitrogen and oxygen atoms in total. The second kappa shape index (κ2) is 8.31. The Labute approximate surface area is 170 Å². The lowest BCUT2D eigenvalue weighted by molar-refractivity contribution is -0.115. The Morgan fingerprint density at radius 2 is 1.90 bits per heavy atom. The van der Waals surface area contributed by atoms with Gasteiger partial charge < -0.3 is 14.6 Å². The maximum absolute atomic E-state index is 12.5. The van der Waals surface area contributed by atoms with Crippen LogP contribution in [-0.4, -0.2) is 53.8 Å². The molecule has 1 aromatic heterocycles. The zero-order valence-corrected chi connectivity index (χ0v) is 16.9. The van der Waals surface area contributed by atoms with Crippen LogP contribution in [0.2, 0.25) is 0 Å². The first-order valence-electron chi connectivity index (χ1n) is 9.92. The minimum atomic E-state index is -0.297. The topological polar surface area (TPSA) is 80.5 Å². The lowest BCUT2D eigenvalue weighted by atomic mass is 9.92. The standard InChI is InChI=1S/C22H26N4O3/c1-22(2,15-26-10-12-28-13-11-26)21-24-19(25-29-21)14-20(27)23-18-9-5-7-16-6-3-4-8-17(16)18/h3-9H,10-15H2,1-2H3,(H,23,27). The molecule has 0 spiro atoms. The molecule has 4 rings (SSSR count). The average Bonchev–Trinajstić information content (AvgIpc) is 3.18. The highest BCUT2D eigenvalue weighted by atomic mass is 16.5. The summed E-state index contributed by atoms with van der Waals surface area (Å²) in [7, 11) is 0. The Morgan fingerprint density at radius 1 is 1.14 bits per heavy atom. The minimum Gasteiger partial charge on any atom is -0.379 e. The van der Waals surface area contributed by atoms with Crippen LogP contribution in [0.5, 0.6) is 0 Å². The van der Waals surface area contributed by atoms with Gasteiger partial charge in [-0.05, 0) is 25.3 Å². The average molecular weight is 394 g/mol. The van der Waals surface area contributed by atoms with E-state index in [-0.39, 0.29) is 17.7 Å². The van der Waals surface area contributed by atoms with E-state index in [9.17, 15) is 4.79 Å². The molecule has 29 heavy (non-hydrogen) atoms. The molecule has 3 aromatic rings. The van der Waals surface area contributed by atoms with Gasteiger partial charge in [0.1, 0.15) is 0 Å². The number of fused-ring (bicyclic) bond motifs is 1. The van der Waals surface area contributed by atoms with Crippen LogP contribution in [0.15, 0.2) is 47.0 Å². The largest absolute Gasteiger partial charge is 0.379 e. The quantitative estimate of drug-likeness (QED) is 0.692. The van der Waals surface area contributed by atoms with Crippen molar-refractivity contribution in [2.45, 2.75) is 25.7 Å². The van der Waals surface area contributed by atoms with Gasteiger partial charge in [-0.1, -0.05) is 41.6 Å². The van der Waals surface area contributed by atoms with Crippen LogP contribution in [0, 0.1) is 0 Å². The van der Waals surface area contributed by atoms with Gasteiger partial charge >= 0.3 is 0 Å². The number of morpholine rings is 1. The number of amides is 1. The summed E-state index contributed by atoms with van der Waals surface area (Å²) in [5.74, 6) is 0.782. The van der Waals surface area contributed by atoms with Crippen LogP contribution in [0.4, 0.5) is 5.69 Å². The summed E-state index contributed by atoms with van der Waals surface area (Å²) < 4.78 is 10.9. The molecule has 0 bridgehead atoms. The van der Waals surface area contributed by atoms with Gasteiger partial charge in [0.15, 0.2) is 5.82 Å². The van der Waals surface area contributed by atoms with E-state index in [1.165, 1.54) is 0 Å². The second-order valence-electron chi connectivity index (χ2n) is 8.04. The highest BCUT2D eigenvalue weighted by Gasteiger charge is 2.31. The van der Waals surface area contributed by atoms with Crippen LogP contribution < -0.4 is 5.32 Å². The van der Waals surface area contributed by atoms with E-state index in [0.717, 1.165) is 49.3 Å². The zero-order valence-electron chi connectivity index (χ0n) is 16.9. The van der Waals surface area contributed by atoms with Crippen molar-refractivity contribution in [3.05, 3.63) is 54.2 Å². The van der Waals surface area contributed by atoms with E-state index >= 15 is 0 Å². The van der Waals surface area contributed by atoms with Crippen molar-refractivity contribution in [2.24, 2.45) is 0 Å². The molecule has 1 aliphatic rings. The van der Waals surface area contributed by atoms with Crippen molar-refractivity contribution in [2.75, 3.05) is 38.2 Å². The number of hydrogen-bond donors (Lipinski definition) is 1. The maximum atomic E-state index is 12.5. The molecule has 0 unspecified atom stereocenters. The van der Waals surface area contributed by atoms with Crippen molar-refractivity contribution in [1.82, 2.24) is 15.0 Å². The van der Waals surface area contributed by atoms with Crippen molar-refractivity contribution in [3.8, 4) is 0 Å². The van der Waals surface area contributed by atoms with E-state index in [4.69, 9.17) is 9.26 Å².